The molecule has 2 aliphatic rings. The maximum absolute atomic E-state index is 12.1. The van der Waals surface area contributed by atoms with E-state index < -0.39 is 9.84 Å². The minimum atomic E-state index is -2.93. The molecule has 1 saturated heterocycles. The second-order valence-electron chi connectivity index (χ2n) is 8.08. The fraction of sp³-hybridized carbons (Fsp3) is 0.250. The van der Waals surface area contributed by atoms with Crippen LogP contribution in [-0.4, -0.2) is 55.4 Å². The summed E-state index contributed by atoms with van der Waals surface area (Å²) in [6.45, 7) is 1.66. The van der Waals surface area contributed by atoms with Crippen LogP contribution in [0, 0.1) is 0 Å². The maximum Gasteiger partial charge on any atom is 0.253 e. The van der Waals surface area contributed by atoms with Crippen molar-refractivity contribution in [3.63, 3.8) is 0 Å². The summed E-state index contributed by atoms with van der Waals surface area (Å²) in [5.74, 6) is 0.338. The molecule has 1 aromatic carbocycles. The molecule has 1 fully saturated rings. The normalized spacial score (nSPS) is 17.9. The Morgan fingerprint density at radius 3 is 2.66 bits per heavy atom. The molecule has 0 saturated carbocycles. The summed E-state index contributed by atoms with van der Waals surface area (Å²) < 4.78 is 23.6. The summed E-state index contributed by atoms with van der Waals surface area (Å²) in [6.07, 6.45) is 6.53. The van der Waals surface area contributed by atoms with Crippen LogP contribution in [0.1, 0.15) is 27.3 Å². The highest BCUT2D eigenvalue weighted by atomic mass is 32.2. The number of nitrogens with zero attached hydrogens (tertiary/aromatic N) is 2. The Kier molecular flexibility index (Phi) is 5.30. The topological polar surface area (TPSA) is 95.2 Å². The number of pyridine rings is 1. The van der Waals surface area contributed by atoms with Crippen LogP contribution in [-0.2, 0) is 16.3 Å². The minimum Gasteiger partial charge on any atom is -0.369 e. The summed E-state index contributed by atoms with van der Waals surface area (Å²) >= 11 is 0. The Bertz CT molecular complexity index is 1300. The predicted molar refractivity (Wildman–Crippen MR) is 126 cm³/mol. The van der Waals surface area contributed by atoms with Crippen LogP contribution in [0.4, 0.5) is 5.69 Å². The molecule has 3 aromatic rings. The zero-order valence-corrected chi connectivity index (χ0v) is 18.4. The van der Waals surface area contributed by atoms with Gasteiger partial charge in [0.25, 0.3) is 5.91 Å². The molecular formula is C24H24N4O3S. The lowest BCUT2D eigenvalue weighted by Crippen LogP contribution is -2.40. The summed E-state index contributed by atoms with van der Waals surface area (Å²) in [5, 5.41) is 2.87. The summed E-state index contributed by atoms with van der Waals surface area (Å²) in [5.41, 5.74) is 6.39. The van der Waals surface area contributed by atoms with Crippen molar-refractivity contribution in [1.82, 2.24) is 15.3 Å². The number of rotatable bonds is 4. The van der Waals surface area contributed by atoms with Gasteiger partial charge in [-0.1, -0.05) is 24.3 Å². The van der Waals surface area contributed by atoms with E-state index in [-0.39, 0.29) is 17.4 Å². The van der Waals surface area contributed by atoms with E-state index in [2.05, 4.69) is 20.2 Å². The second-order valence-corrected chi connectivity index (χ2v) is 10.4. The molecule has 2 aromatic heterocycles. The summed E-state index contributed by atoms with van der Waals surface area (Å²) in [7, 11) is -2.93. The molecule has 32 heavy (non-hydrogen) atoms. The van der Waals surface area contributed by atoms with Crippen LogP contribution in [0.3, 0.4) is 0 Å². The van der Waals surface area contributed by atoms with Gasteiger partial charge in [-0.3, -0.25) is 9.78 Å². The Morgan fingerprint density at radius 1 is 1.03 bits per heavy atom. The maximum atomic E-state index is 12.1. The number of H-pyrrole nitrogens is 1. The molecule has 0 unspecified atom stereocenters. The van der Waals surface area contributed by atoms with Crippen LogP contribution in [0.15, 0.2) is 48.7 Å². The lowest BCUT2D eigenvalue weighted by molar-refractivity contribution is 0.0946. The number of sulfone groups is 1. The Hall–Kier alpha value is -3.39. The zero-order valence-electron chi connectivity index (χ0n) is 17.5. The second kappa shape index (κ2) is 8.27. The van der Waals surface area contributed by atoms with Crippen LogP contribution >= 0.6 is 0 Å². The largest absolute Gasteiger partial charge is 0.369 e. The van der Waals surface area contributed by atoms with Gasteiger partial charge in [0.05, 0.1) is 22.8 Å². The Morgan fingerprint density at radius 2 is 1.84 bits per heavy atom. The third-order valence-electron chi connectivity index (χ3n) is 5.95. The number of hydrogen-bond donors (Lipinski definition) is 2. The van der Waals surface area contributed by atoms with Gasteiger partial charge in [0, 0.05) is 54.9 Å². The van der Waals surface area contributed by atoms with Crippen molar-refractivity contribution in [1.29, 1.82) is 0 Å². The molecule has 0 bridgehead atoms. The van der Waals surface area contributed by atoms with Gasteiger partial charge < -0.3 is 15.2 Å². The van der Waals surface area contributed by atoms with Gasteiger partial charge in [0.15, 0.2) is 9.84 Å². The Labute approximate surface area is 187 Å². The number of anilines is 1. The predicted octanol–water partition coefficient (Wildman–Crippen LogP) is 2.77. The van der Waals surface area contributed by atoms with Crippen LogP contribution < -0.4 is 10.2 Å². The van der Waals surface area contributed by atoms with E-state index in [1.807, 2.05) is 54.6 Å². The number of carbonyl (C=O) groups excluding carboxylic acids is 1. The number of aromatic nitrogens is 2. The van der Waals surface area contributed by atoms with Crippen molar-refractivity contribution >= 4 is 33.6 Å². The van der Waals surface area contributed by atoms with Crippen molar-refractivity contribution < 1.29 is 13.2 Å². The first-order valence-electron chi connectivity index (χ1n) is 10.7. The van der Waals surface area contributed by atoms with Crippen molar-refractivity contribution in [3.05, 3.63) is 71.2 Å². The van der Waals surface area contributed by atoms with Gasteiger partial charge in [-0.2, -0.15) is 0 Å². The molecule has 0 atom stereocenters. The Balaban J connectivity index is 1.39. The molecule has 2 N–H and O–H groups in total. The first-order chi connectivity index (χ1) is 15.5. The lowest BCUT2D eigenvalue weighted by Gasteiger charge is -2.30. The highest BCUT2D eigenvalue weighted by Gasteiger charge is 2.23. The van der Waals surface area contributed by atoms with E-state index in [1.54, 1.807) is 6.20 Å². The van der Waals surface area contributed by atoms with Gasteiger partial charge in [0.1, 0.15) is 0 Å². The molecular weight excluding hydrogens is 424 g/mol. The SMILES string of the molecule is O=C1NCCc2[nH]c(-c3ccnc(C=Cc4ccccc4N4CCS(=O)(=O)CC4)c3)cc21. The van der Waals surface area contributed by atoms with E-state index in [9.17, 15) is 13.2 Å². The average Bonchev–Trinajstić information content (AvgIpc) is 3.24. The smallest absolute Gasteiger partial charge is 0.253 e. The number of fused-ring (bicyclic) bond motifs is 1. The molecule has 7 nitrogen and oxygen atoms in total. The van der Waals surface area contributed by atoms with Crippen LogP contribution in [0.25, 0.3) is 23.4 Å². The van der Waals surface area contributed by atoms with Gasteiger partial charge in [-0.15, -0.1) is 0 Å². The first-order valence-corrected chi connectivity index (χ1v) is 12.5. The standard InChI is InChI=1S/C24H24N4O3S/c29-24-20-16-22(27-21(20)8-10-26-24)18-7-9-25-19(15-18)6-5-17-3-1-2-4-23(17)28-11-13-32(30,31)14-12-28/h1-7,9,15-16,27H,8,10-14H2,(H,26,29). The van der Waals surface area contributed by atoms with Crippen molar-refractivity contribution in [2.24, 2.45) is 0 Å². The number of nitrogens with one attached hydrogen (secondary N) is 2. The number of amides is 1. The molecule has 1 amide bonds. The highest BCUT2D eigenvalue weighted by Crippen LogP contribution is 2.26. The van der Waals surface area contributed by atoms with Gasteiger partial charge in [0.2, 0.25) is 0 Å². The molecule has 0 aliphatic carbocycles. The van der Waals surface area contributed by atoms with E-state index in [0.29, 0.717) is 25.2 Å². The molecule has 0 spiro atoms. The van der Waals surface area contributed by atoms with Crippen LogP contribution in [0.5, 0.6) is 0 Å². The van der Waals surface area contributed by atoms with Crippen molar-refractivity contribution in [2.75, 3.05) is 36.0 Å². The van der Waals surface area contributed by atoms with Gasteiger partial charge >= 0.3 is 0 Å². The zero-order chi connectivity index (χ0) is 22.1. The number of aromatic amines is 1. The van der Waals surface area contributed by atoms with E-state index in [1.165, 1.54) is 0 Å². The minimum absolute atomic E-state index is 0.0370. The van der Waals surface area contributed by atoms with E-state index in [0.717, 1.165) is 40.3 Å². The van der Waals surface area contributed by atoms with E-state index in [4.69, 9.17) is 0 Å². The van der Waals surface area contributed by atoms with Gasteiger partial charge in [-0.05, 0) is 35.9 Å². The van der Waals surface area contributed by atoms with Gasteiger partial charge in [-0.25, -0.2) is 8.42 Å². The van der Waals surface area contributed by atoms with E-state index >= 15 is 0 Å². The third-order valence-corrected chi connectivity index (χ3v) is 7.56. The summed E-state index contributed by atoms with van der Waals surface area (Å²) in [4.78, 5) is 22.0. The third kappa shape index (κ3) is 4.18. The number of benzene rings is 1. The van der Waals surface area contributed by atoms with Crippen LogP contribution in [0.2, 0.25) is 0 Å². The highest BCUT2D eigenvalue weighted by molar-refractivity contribution is 7.91. The number of carbonyl (C=O) groups is 1. The monoisotopic (exact) mass is 448 g/mol. The lowest BCUT2D eigenvalue weighted by atomic mass is 10.1. The fourth-order valence-electron chi connectivity index (χ4n) is 4.20. The van der Waals surface area contributed by atoms with Crippen molar-refractivity contribution in [2.45, 2.75) is 6.42 Å². The number of hydrogen-bond acceptors (Lipinski definition) is 5. The molecule has 0 radical (unpaired) electrons. The first kappa shape index (κ1) is 20.5. The van der Waals surface area contributed by atoms with Crippen molar-refractivity contribution in [3.8, 4) is 11.3 Å². The molecule has 2 aliphatic heterocycles. The average molecular weight is 449 g/mol. The molecule has 4 heterocycles. The summed E-state index contributed by atoms with van der Waals surface area (Å²) in [6, 6.07) is 13.8. The quantitative estimate of drug-likeness (QED) is 0.640. The number of para-hydroxylation sites is 1. The molecule has 5 rings (SSSR count). The molecule has 164 valence electrons. The fourth-order valence-corrected chi connectivity index (χ4v) is 5.40. The molecule has 8 heteroatoms.